The molecule has 0 aliphatic carbocycles. The van der Waals surface area contributed by atoms with E-state index in [-0.39, 0.29) is 21.2 Å². The van der Waals surface area contributed by atoms with Crippen molar-refractivity contribution in [2.45, 2.75) is 38.5 Å². The second kappa shape index (κ2) is 6.95. The summed E-state index contributed by atoms with van der Waals surface area (Å²) in [5.74, 6) is 0.582. The normalized spacial score (nSPS) is 11.6. The molecule has 7 heteroatoms. The van der Waals surface area contributed by atoms with Crippen LogP contribution in [0, 0.1) is 17.2 Å². The molecule has 0 spiro atoms. The van der Waals surface area contributed by atoms with Gasteiger partial charge in [-0.2, -0.15) is 5.26 Å². The molecule has 20 heavy (non-hydrogen) atoms. The fourth-order valence-electron chi connectivity index (χ4n) is 1.79. The van der Waals surface area contributed by atoms with E-state index < -0.39 is 9.84 Å². The Morgan fingerprint density at radius 3 is 2.60 bits per heavy atom. The minimum Gasteiger partial charge on any atom is -0.396 e. The van der Waals surface area contributed by atoms with Crippen molar-refractivity contribution in [2.75, 3.05) is 23.3 Å². The highest BCUT2D eigenvalue weighted by molar-refractivity contribution is 7.91. The highest BCUT2D eigenvalue weighted by Crippen LogP contribution is 2.39. The van der Waals surface area contributed by atoms with Crippen molar-refractivity contribution in [3.8, 4) is 6.07 Å². The molecule has 0 saturated heterocycles. The fraction of sp³-hybridized carbons (Fsp3) is 0.615. The smallest absolute Gasteiger partial charge is 0.183 e. The largest absolute Gasteiger partial charge is 0.396 e. The molecule has 1 heterocycles. The maximum absolute atomic E-state index is 12.1. The van der Waals surface area contributed by atoms with Gasteiger partial charge >= 0.3 is 0 Å². The number of nitrogens with zero attached hydrogens (tertiary/aromatic N) is 1. The first-order chi connectivity index (χ1) is 9.33. The van der Waals surface area contributed by atoms with Gasteiger partial charge in [0.1, 0.15) is 20.8 Å². The lowest BCUT2D eigenvalue weighted by molar-refractivity contribution is 0.567. The molecule has 0 aromatic carbocycles. The lowest BCUT2D eigenvalue weighted by Gasteiger charge is -2.09. The number of rotatable bonds is 7. The predicted molar refractivity (Wildman–Crippen MR) is 83.7 cm³/mol. The quantitative estimate of drug-likeness (QED) is 0.754. The van der Waals surface area contributed by atoms with E-state index in [0.717, 1.165) is 24.2 Å². The van der Waals surface area contributed by atoms with Gasteiger partial charge in [-0.05, 0) is 18.8 Å². The van der Waals surface area contributed by atoms with E-state index in [1.165, 1.54) is 0 Å². The summed E-state index contributed by atoms with van der Waals surface area (Å²) in [6, 6.07) is 1.95. The molecule has 0 radical (unpaired) electrons. The number of sulfone groups is 1. The van der Waals surface area contributed by atoms with E-state index in [1.807, 2.05) is 6.07 Å². The van der Waals surface area contributed by atoms with Crippen molar-refractivity contribution in [2.24, 2.45) is 5.92 Å². The molecule has 0 atom stereocenters. The zero-order valence-corrected chi connectivity index (χ0v) is 13.7. The van der Waals surface area contributed by atoms with Crippen LogP contribution in [-0.2, 0) is 9.84 Å². The number of nitrogens with one attached hydrogen (secondary N) is 1. The van der Waals surface area contributed by atoms with Crippen LogP contribution in [0.3, 0.4) is 0 Å². The van der Waals surface area contributed by atoms with Gasteiger partial charge in [0.2, 0.25) is 0 Å². The van der Waals surface area contributed by atoms with Crippen LogP contribution in [0.25, 0.3) is 0 Å². The summed E-state index contributed by atoms with van der Waals surface area (Å²) in [5, 5.41) is 12.6. The molecule has 0 aliphatic heterocycles. The topological polar surface area (TPSA) is 96.0 Å². The van der Waals surface area contributed by atoms with Crippen molar-refractivity contribution >= 4 is 31.9 Å². The standard InChI is InChI=1S/C13H21N3O2S2/c1-4-20(17,18)12-11(15)10(8-14)19-13(12)16-7-5-6-9(2)3/h9,16H,4-7,15H2,1-3H3. The molecule has 1 aromatic rings. The number of nitrogens with two attached hydrogens (primary N) is 1. The first kappa shape index (κ1) is 16.8. The van der Waals surface area contributed by atoms with E-state index in [9.17, 15) is 8.42 Å². The molecular formula is C13H21N3O2S2. The van der Waals surface area contributed by atoms with Crippen LogP contribution in [0.1, 0.15) is 38.5 Å². The number of anilines is 2. The summed E-state index contributed by atoms with van der Waals surface area (Å²) in [5.41, 5.74) is 5.87. The number of nitrogen functional groups attached to an aromatic ring is 1. The van der Waals surface area contributed by atoms with E-state index in [1.54, 1.807) is 6.92 Å². The van der Waals surface area contributed by atoms with Gasteiger partial charge in [-0.3, -0.25) is 0 Å². The Kier molecular flexibility index (Phi) is 5.84. The van der Waals surface area contributed by atoms with Gasteiger partial charge in [0, 0.05) is 6.54 Å². The molecule has 0 saturated carbocycles. The average Bonchev–Trinajstić information content (AvgIpc) is 2.71. The third-order valence-corrected chi connectivity index (χ3v) is 5.94. The van der Waals surface area contributed by atoms with Crippen molar-refractivity contribution in [3.63, 3.8) is 0 Å². The molecule has 1 rings (SSSR count). The van der Waals surface area contributed by atoms with Crippen LogP contribution in [0.5, 0.6) is 0 Å². The van der Waals surface area contributed by atoms with Crippen molar-refractivity contribution in [1.82, 2.24) is 0 Å². The third kappa shape index (κ3) is 3.87. The molecule has 0 unspecified atom stereocenters. The molecule has 5 nitrogen and oxygen atoms in total. The maximum atomic E-state index is 12.1. The minimum atomic E-state index is -3.43. The second-order valence-electron chi connectivity index (χ2n) is 4.98. The molecule has 0 aliphatic rings. The predicted octanol–water partition coefficient (Wildman–Crippen LogP) is 2.84. The highest BCUT2D eigenvalue weighted by Gasteiger charge is 2.25. The van der Waals surface area contributed by atoms with Crippen LogP contribution in [0.2, 0.25) is 0 Å². The summed E-state index contributed by atoms with van der Waals surface area (Å²) in [6.07, 6.45) is 2.01. The fourth-order valence-corrected chi connectivity index (χ4v) is 4.28. The van der Waals surface area contributed by atoms with Gasteiger partial charge in [-0.1, -0.05) is 20.8 Å². The van der Waals surface area contributed by atoms with E-state index in [0.29, 0.717) is 17.5 Å². The summed E-state index contributed by atoms with van der Waals surface area (Å²) in [7, 11) is -3.43. The number of nitriles is 1. The third-order valence-electron chi connectivity index (χ3n) is 2.94. The monoisotopic (exact) mass is 315 g/mol. The Morgan fingerprint density at radius 1 is 1.45 bits per heavy atom. The minimum absolute atomic E-state index is 0.0283. The molecule has 112 valence electrons. The zero-order valence-electron chi connectivity index (χ0n) is 12.1. The number of hydrogen-bond acceptors (Lipinski definition) is 6. The Bertz CT molecular complexity index is 598. The van der Waals surface area contributed by atoms with Crippen molar-refractivity contribution < 1.29 is 8.42 Å². The van der Waals surface area contributed by atoms with Crippen LogP contribution in [0.4, 0.5) is 10.7 Å². The molecule has 0 fully saturated rings. The van der Waals surface area contributed by atoms with Gasteiger partial charge in [-0.15, -0.1) is 11.3 Å². The van der Waals surface area contributed by atoms with Crippen molar-refractivity contribution in [1.29, 1.82) is 5.26 Å². The van der Waals surface area contributed by atoms with Crippen LogP contribution >= 0.6 is 11.3 Å². The highest BCUT2D eigenvalue weighted by atomic mass is 32.2. The van der Waals surface area contributed by atoms with Crippen LogP contribution in [-0.4, -0.2) is 20.7 Å². The number of hydrogen-bond donors (Lipinski definition) is 2. The summed E-state index contributed by atoms with van der Waals surface area (Å²) >= 11 is 1.11. The Labute approximate surface area is 124 Å². The first-order valence-electron chi connectivity index (χ1n) is 6.62. The average molecular weight is 315 g/mol. The van der Waals surface area contributed by atoms with E-state index >= 15 is 0 Å². The molecule has 0 bridgehead atoms. The second-order valence-corrected chi connectivity index (χ2v) is 8.22. The molecular weight excluding hydrogens is 294 g/mol. The zero-order chi connectivity index (χ0) is 15.3. The van der Waals surface area contributed by atoms with Gasteiger partial charge in [0.15, 0.2) is 9.84 Å². The lowest BCUT2D eigenvalue weighted by Crippen LogP contribution is -2.10. The Morgan fingerprint density at radius 2 is 2.10 bits per heavy atom. The molecule has 0 amide bonds. The molecule has 3 N–H and O–H groups in total. The maximum Gasteiger partial charge on any atom is 0.183 e. The molecule has 1 aromatic heterocycles. The lowest BCUT2D eigenvalue weighted by atomic mass is 10.1. The van der Waals surface area contributed by atoms with Gasteiger partial charge < -0.3 is 11.1 Å². The summed E-state index contributed by atoms with van der Waals surface area (Å²) < 4.78 is 24.2. The van der Waals surface area contributed by atoms with Gasteiger partial charge in [0.25, 0.3) is 0 Å². The van der Waals surface area contributed by atoms with Gasteiger partial charge in [0.05, 0.1) is 11.4 Å². The first-order valence-corrected chi connectivity index (χ1v) is 9.09. The van der Waals surface area contributed by atoms with Crippen molar-refractivity contribution in [3.05, 3.63) is 4.88 Å². The van der Waals surface area contributed by atoms with Crippen LogP contribution in [0.15, 0.2) is 4.90 Å². The summed E-state index contributed by atoms with van der Waals surface area (Å²) in [6.45, 7) is 6.53. The van der Waals surface area contributed by atoms with Gasteiger partial charge in [-0.25, -0.2) is 8.42 Å². The summed E-state index contributed by atoms with van der Waals surface area (Å²) in [4.78, 5) is 0.342. The Hall–Kier alpha value is -1.26. The van der Waals surface area contributed by atoms with E-state index in [4.69, 9.17) is 11.0 Å². The van der Waals surface area contributed by atoms with Crippen LogP contribution < -0.4 is 11.1 Å². The number of thiophene rings is 1. The SMILES string of the molecule is CCS(=O)(=O)c1c(NCCCC(C)C)sc(C#N)c1N. The Balaban J connectivity index is 2.99. The van der Waals surface area contributed by atoms with E-state index in [2.05, 4.69) is 19.2 Å².